The molecule has 3 aliphatic carbocycles. The van der Waals surface area contributed by atoms with Crippen LogP contribution < -0.4 is 0 Å². The first-order chi connectivity index (χ1) is 5.90. The van der Waals surface area contributed by atoms with Crippen LogP contribution >= 0.6 is 0 Å². The maximum absolute atomic E-state index is 1.60. The molecule has 0 unspecified atom stereocenters. The second kappa shape index (κ2) is 2.75. The van der Waals surface area contributed by atoms with Crippen LogP contribution in [0.1, 0.15) is 51.4 Å². The fourth-order valence-corrected chi connectivity index (χ4v) is 4.16. The molecule has 0 heterocycles. The molecule has 0 atom stereocenters. The molecule has 0 spiro atoms. The Labute approximate surface area is 75.7 Å². The van der Waals surface area contributed by atoms with Crippen LogP contribution in [0.15, 0.2) is 0 Å². The summed E-state index contributed by atoms with van der Waals surface area (Å²) >= 11 is 0. The largest absolute Gasteiger partial charge is 0.0502 e. The highest BCUT2D eigenvalue weighted by Crippen LogP contribution is 2.48. The van der Waals surface area contributed by atoms with Gasteiger partial charge in [-0.3, -0.25) is 0 Å². The van der Waals surface area contributed by atoms with E-state index in [0.29, 0.717) is 0 Å². The van der Waals surface area contributed by atoms with Crippen molar-refractivity contribution in [3.05, 3.63) is 0 Å². The number of fused-ring (bicyclic) bond motifs is 4. The summed E-state index contributed by atoms with van der Waals surface area (Å²) in [6.07, 6.45) is 12.7. The van der Waals surface area contributed by atoms with Crippen LogP contribution in [0.3, 0.4) is 0 Å². The van der Waals surface area contributed by atoms with Crippen molar-refractivity contribution in [2.45, 2.75) is 51.4 Å². The van der Waals surface area contributed by atoms with Crippen molar-refractivity contribution in [1.82, 2.24) is 0 Å². The molecule has 0 saturated heterocycles. The van der Waals surface area contributed by atoms with Crippen LogP contribution in [0.4, 0.5) is 0 Å². The lowest BCUT2D eigenvalue weighted by molar-refractivity contribution is 0.304. The minimum atomic E-state index is 1.15. The fourth-order valence-electron chi connectivity index (χ4n) is 4.16. The SMILES string of the molecule is C1CC2CC1CC1CCC(C1)C2. The molecule has 68 valence electrons. The Hall–Kier alpha value is 0. The second-order valence-corrected chi connectivity index (χ2v) is 5.56. The summed E-state index contributed by atoms with van der Waals surface area (Å²) in [7, 11) is 0. The number of hydrogen-bond acceptors (Lipinski definition) is 0. The smallest absolute Gasteiger partial charge is 0.0409 e. The van der Waals surface area contributed by atoms with Gasteiger partial charge in [-0.15, -0.1) is 0 Å². The van der Waals surface area contributed by atoms with Gasteiger partial charge in [-0.1, -0.05) is 25.7 Å². The molecule has 3 rings (SSSR count). The van der Waals surface area contributed by atoms with Gasteiger partial charge >= 0.3 is 0 Å². The molecule has 4 bridgehead atoms. The zero-order valence-electron chi connectivity index (χ0n) is 7.97. The normalized spacial score (nSPS) is 52.0. The minimum absolute atomic E-state index is 1.15. The summed E-state index contributed by atoms with van der Waals surface area (Å²) in [6, 6.07) is 0. The van der Waals surface area contributed by atoms with Gasteiger partial charge in [0.2, 0.25) is 0 Å². The van der Waals surface area contributed by atoms with Gasteiger partial charge in [-0.2, -0.15) is 0 Å². The second-order valence-electron chi connectivity index (χ2n) is 5.56. The molecule has 0 aromatic heterocycles. The molecule has 0 heteroatoms. The molecule has 0 amide bonds. The van der Waals surface area contributed by atoms with Crippen LogP contribution in [0.5, 0.6) is 0 Å². The first kappa shape index (κ1) is 7.41. The van der Waals surface area contributed by atoms with Crippen molar-refractivity contribution in [2.24, 2.45) is 23.7 Å². The van der Waals surface area contributed by atoms with E-state index in [1.807, 2.05) is 0 Å². The van der Waals surface area contributed by atoms with E-state index in [4.69, 9.17) is 0 Å². The summed E-state index contributed by atoms with van der Waals surface area (Å²) in [5.41, 5.74) is 0. The molecular weight excluding hydrogens is 144 g/mol. The van der Waals surface area contributed by atoms with Gasteiger partial charge in [0.25, 0.3) is 0 Å². The van der Waals surface area contributed by atoms with Crippen LogP contribution in [-0.2, 0) is 0 Å². The highest BCUT2D eigenvalue weighted by molar-refractivity contribution is 4.87. The molecule has 0 N–H and O–H groups in total. The van der Waals surface area contributed by atoms with Gasteiger partial charge < -0.3 is 0 Å². The topological polar surface area (TPSA) is 0 Å². The standard InChI is InChI=1S/C12H20/c1-2-10-5-9(1)7-11-3-4-12(6-11)8-10/h9-12H,1-8H2. The van der Waals surface area contributed by atoms with Gasteiger partial charge in [0.15, 0.2) is 0 Å². The lowest BCUT2D eigenvalue weighted by Gasteiger charge is -2.21. The lowest BCUT2D eigenvalue weighted by atomic mass is 9.85. The highest BCUT2D eigenvalue weighted by atomic mass is 14.4. The maximum Gasteiger partial charge on any atom is -0.0409 e. The number of rotatable bonds is 0. The van der Waals surface area contributed by atoms with Gasteiger partial charge in [-0.25, -0.2) is 0 Å². The van der Waals surface area contributed by atoms with Crippen LogP contribution in [0.25, 0.3) is 0 Å². The third-order valence-corrected chi connectivity index (χ3v) is 4.63. The van der Waals surface area contributed by atoms with Gasteiger partial charge in [0.05, 0.1) is 0 Å². The monoisotopic (exact) mass is 164 g/mol. The summed E-state index contributed by atoms with van der Waals surface area (Å²) in [5, 5.41) is 0. The lowest BCUT2D eigenvalue weighted by Crippen LogP contribution is -2.09. The van der Waals surface area contributed by atoms with E-state index in [2.05, 4.69) is 0 Å². The Balaban J connectivity index is 1.78. The first-order valence-electron chi connectivity index (χ1n) is 5.90. The molecule has 0 aromatic rings. The van der Waals surface area contributed by atoms with E-state index in [1.54, 1.807) is 51.4 Å². The predicted octanol–water partition coefficient (Wildman–Crippen LogP) is 3.61. The third kappa shape index (κ3) is 1.20. The third-order valence-electron chi connectivity index (χ3n) is 4.63. The van der Waals surface area contributed by atoms with Crippen molar-refractivity contribution in [1.29, 1.82) is 0 Å². The fraction of sp³-hybridized carbons (Fsp3) is 1.00. The summed E-state index contributed by atoms with van der Waals surface area (Å²) < 4.78 is 0. The van der Waals surface area contributed by atoms with Crippen LogP contribution in [0, 0.1) is 23.7 Å². The van der Waals surface area contributed by atoms with Gasteiger partial charge in [0, 0.05) is 0 Å². The molecule has 3 saturated carbocycles. The number of hydrogen-bond donors (Lipinski definition) is 0. The van der Waals surface area contributed by atoms with E-state index < -0.39 is 0 Å². The van der Waals surface area contributed by atoms with E-state index in [1.165, 1.54) is 0 Å². The van der Waals surface area contributed by atoms with Gasteiger partial charge in [0.1, 0.15) is 0 Å². The Morgan fingerprint density at radius 2 is 0.667 bits per heavy atom. The van der Waals surface area contributed by atoms with E-state index in [9.17, 15) is 0 Å². The van der Waals surface area contributed by atoms with E-state index in [0.717, 1.165) is 23.7 Å². The molecular formula is C12H20. The zero-order valence-corrected chi connectivity index (χ0v) is 7.97. The van der Waals surface area contributed by atoms with Crippen molar-refractivity contribution in [3.8, 4) is 0 Å². The molecule has 3 aliphatic rings. The van der Waals surface area contributed by atoms with E-state index >= 15 is 0 Å². The Kier molecular flexibility index (Phi) is 1.70. The van der Waals surface area contributed by atoms with Crippen molar-refractivity contribution in [3.63, 3.8) is 0 Å². The Morgan fingerprint density at radius 3 is 0.917 bits per heavy atom. The molecule has 0 aliphatic heterocycles. The quantitative estimate of drug-likeness (QED) is 0.513. The first-order valence-corrected chi connectivity index (χ1v) is 5.90. The Morgan fingerprint density at radius 1 is 0.417 bits per heavy atom. The van der Waals surface area contributed by atoms with E-state index in [-0.39, 0.29) is 0 Å². The molecule has 0 nitrogen and oxygen atoms in total. The summed E-state index contributed by atoms with van der Waals surface area (Å²) in [4.78, 5) is 0. The van der Waals surface area contributed by atoms with Crippen molar-refractivity contribution in [2.75, 3.05) is 0 Å². The minimum Gasteiger partial charge on any atom is -0.0502 e. The van der Waals surface area contributed by atoms with Crippen LogP contribution in [0.2, 0.25) is 0 Å². The summed E-state index contributed by atoms with van der Waals surface area (Å²) in [5.74, 6) is 4.61. The zero-order chi connectivity index (χ0) is 7.97. The van der Waals surface area contributed by atoms with Gasteiger partial charge in [-0.05, 0) is 49.4 Å². The van der Waals surface area contributed by atoms with Crippen LogP contribution in [-0.4, -0.2) is 0 Å². The molecule has 0 aromatic carbocycles. The summed E-state index contributed by atoms with van der Waals surface area (Å²) in [6.45, 7) is 0. The average Bonchev–Trinajstić information content (AvgIpc) is 2.61. The average molecular weight is 164 g/mol. The highest BCUT2D eigenvalue weighted by Gasteiger charge is 2.35. The molecule has 0 radical (unpaired) electrons. The Bertz CT molecular complexity index is 137. The maximum atomic E-state index is 1.60. The van der Waals surface area contributed by atoms with Crippen molar-refractivity contribution >= 4 is 0 Å². The predicted molar refractivity (Wildman–Crippen MR) is 50.9 cm³/mol. The van der Waals surface area contributed by atoms with Crippen molar-refractivity contribution < 1.29 is 0 Å². The molecule has 3 fully saturated rings. The molecule has 12 heavy (non-hydrogen) atoms.